The number of amides is 1. The van der Waals surface area contributed by atoms with E-state index < -0.39 is 11.7 Å². The van der Waals surface area contributed by atoms with Crippen molar-refractivity contribution in [1.82, 2.24) is 14.5 Å². The van der Waals surface area contributed by atoms with Crippen molar-refractivity contribution in [3.8, 4) is 11.6 Å². The van der Waals surface area contributed by atoms with Gasteiger partial charge in [0.25, 0.3) is 0 Å². The Balaban J connectivity index is 2.11. The molecule has 0 aliphatic rings. The molecule has 1 aromatic carbocycles. The molecule has 1 amide bonds. The van der Waals surface area contributed by atoms with Crippen molar-refractivity contribution in [2.24, 2.45) is 0 Å². The molecule has 0 atom stereocenters. The molecule has 0 aliphatic carbocycles. The maximum Gasteiger partial charge on any atom is 0.412 e. The van der Waals surface area contributed by atoms with Crippen molar-refractivity contribution in [2.75, 3.05) is 26.5 Å². The Kier molecular flexibility index (Phi) is 5.27. The number of aromatic nitrogens is 2. The van der Waals surface area contributed by atoms with Crippen LogP contribution in [0.25, 0.3) is 0 Å². The normalized spacial score (nSPS) is 11.8. The average molecular weight is 345 g/mol. The summed E-state index contributed by atoms with van der Waals surface area (Å²) >= 11 is 0. The van der Waals surface area contributed by atoms with Gasteiger partial charge >= 0.3 is 6.09 Å². The van der Waals surface area contributed by atoms with Gasteiger partial charge in [-0.1, -0.05) is 6.07 Å². The van der Waals surface area contributed by atoms with E-state index >= 15 is 0 Å². The fourth-order valence-corrected chi connectivity index (χ4v) is 1.93. The van der Waals surface area contributed by atoms with Crippen molar-refractivity contribution in [1.29, 1.82) is 0 Å². The van der Waals surface area contributed by atoms with E-state index in [0.29, 0.717) is 21.8 Å². The Hall–Kier alpha value is -2.67. The van der Waals surface area contributed by atoms with Crippen molar-refractivity contribution in [2.45, 2.75) is 26.4 Å². The topological polar surface area (TPSA) is 73.3 Å². The van der Waals surface area contributed by atoms with Crippen molar-refractivity contribution >= 4 is 17.6 Å². The SMILES string of the molecule is CC(C)(C)OC(=O)Nc1cccc(Oc2cc([N+](C)(C)C)ncn2)c1. The Bertz CT molecular complexity index is 748. The number of carbonyl (C=O) groups excluding carboxylic acids is 1. The molecule has 1 N–H and O–H groups in total. The largest absolute Gasteiger partial charge is 0.444 e. The first-order chi connectivity index (χ1) is 11.5. The van der Waals surface area contributed by atoms with E-state index in [4.69, 9.17) is 9.47 Å². The Morgan fingerprint density at radius 2 is 1.84 bits per heavy atom. The van der Waals surface area contributed by atoms with Crippen LogP contribution in [0, 0.1) is 0 Å². The highest BCUT2D eigenvalue weighted by molar-refractivity contribution is 5.85. The summed E-state index contributed by atoms with van der Waals surface area (Å²) in [6.07, 6.45) is 0.954. The van der Waals surface area contributed by atoms with E-state index in [0.717, 1.165) is 5.82 Å². The molecule has 25 heavy (non-hydrogen) atoms. The summed E-state index contributed by atoms with van der Waals surface area (Å²) in [5, 5.41) is 2.68. The highest BCUT2D eigenvalue weighted by atomic mass is 16.6. The minimum atomic E-state index is -0.555. The molecule has 0 aliphatic heterocycles. The van der Waals surface area contributed by atoms with Crippen molar-refractivity contribution < 1.29 is 14.3 Å². The van der Waals surface area contributed by atoms with Gasteiger partial charge in [0.05, 0.1) is 27.2 Å². The lowest BCUT2D eigenvalue weighted by molar-refractivity contribution is 0.0636. The van der Waals surface area contributed by atoms with E-state index in [-0.39, 0.29) is 0 Å². The molecule has 0 unspecified atom stereocenters. The molecule has 2 rings (SSSR count). The van der Waals surface area contributed by atoms with Crippen LogP contribution in [0.5, 0.6) is 11.6 Å². The van der Waals surface area contributed by atoms with Crippen LogP contribution < -0.4 is 14.5 Å². The molecule has 1 heterocycles. The summed E-state index contributed by atoms with van der Waals surface area (Å²) in [4.78, 5) is 20.2. The summed E-state index contributed by atoms with van der Waals surface area (Å²) in [5.41, 5.74) is 0.0217. The smallest absolute Gasteiger partial charge is 0.412 e. The summed E-state index contributed by atoms with van der Waals surface area (Å²) in [6, 6.07) is 8.82. The zero-order valence-corrected chi connectivity index (χ0v) is 15.5. The van der Waals surface area contributed by atoms with E-state index in [2.05, 4.69) is 15.3 Å². The van der Waals surface area contributed by atoms with Gasteiger partial charge in [0.15, 0.2) is 0 Å². The van der Waals surface area contributed by atoms with Gasteiger partial charge in [-0.05, 0) is 32.9 Å². The molecule has 1 aromatic heterocycles. The molecule has 0 saturated carbocycles. The number of nitrogens with one attached hydrogen (secondary N) is 1. The maximum absolute atomic E-state index is 11.9. The third-order valence-electron chi connectivity index (χ3n) is 3.02. The zero-order chi connectivity index (χ0) is 18.7. The number of quaternary nitrogens is 1. The summed E-state index contributed by atoms with van der Waals surface area (Å²) in [5.74, 6) is 1.82. The van der Waals surface area contributed by atoms with Crippen LogP contribution in [-0.4, -0.2) is 42.8 Å². The lowest BCUT2D eigenvalue weighted by atomic mass is 10.2. The minimum Gasteiger partial charge on any atom is -0.444 e. The quantitative estimate of drug-likeness (QED) is 0.853. The highest BCUT2D eigenvalue weighted by Crippen LogP contribution is 2.25. The highest BCUT2D eigenvalue weighted by Gasteiger charge is 2.17. The number of anilines is 1. The van der Waals surface area contributed by atoms with Crippen LogP contribution in [0.4, 0.5) is 16.3 Å². The predicted octanol–water partition coefficient (Wildman–Crippen LogP) is 3.81. The number of carbonyl (C=O) groups is 1. The summed E-state index contributed by atoms with van der Waals surface area (Å²) < 4.78 is 11.6. The predicted molar refractivity (Wildman–Crippen MR) is 98.0 cm³/mol. The van der Waals surface area contributed by atoms with Gasteiger partial charge in [-0.15, -0.1) is 0 Å². The second-order valence-electron chi connectivity index (χ2n) is 7.48. The van der Waals surface area contributed by atoms with Crippen LogP contribution >= 0.6 is 0 Å². The Labute approximate surface area is 148 Å². The molecule has 0 fully saturated rings. The van der Waals surface area contributed by atoms with E-state index in [1.165, 1.54) is 6.33 Å². The molecule has 0 spiro atoms. The fraction of sp³-hybridized carbons (Fsp3) is 0.389. The van der Waals surface area contributed by atoms with Gasteiger partial charge in [-0.3, -0.25) is 9.80 Å². The Morgan fingerprint density at radius 1 is 1.12 bits per heavy atom. The van der Waals surface area contributed by atoms with Gasteiger partial charge in [0, 0.05) is 11.8 Å². The van der Waals surface area contributed by atoms with Gasteiger partial charge < -0.3 is 9.47 Å². The number of hydrogen-bond donors (Lipinski definition) is 1. The molecule has 7 heteroatoms. The number of hydrogen-bond acceptors (Lipinski definition) is 5. The zero-order valence-electron chi connectivity index (χ0n) is 15.5. The first-order valence-corrected chi connectivity index (χ1v) is 7.95. The lowest BCUT2D eigenvalue weighted by Crippen LogP contribution is -2.35. The molecule has 0 saturated heterocycles. The fourth-order valence-electron chi connectivity index (χ4n) is 1.93. The third-order valence-corrected chi connectivity index (χ3v) is 3.02. The van der Waals surface area contributed by atoms with Gasteiger partial charge in [0.2, 0.25) is 11.7 Å². The van der Waals surface area contributed by atoms with Gasteiger partial charge in [-0.25, -0.2) is 9.78 Å². The molecule has 0 radical (unpaired) electrons. The second kappa shape index (κ2) is 7.06. The van der Waals surface area contributed by atoms with Crippen LogP contribution in [0.15, 0.2) is 36.7 Å². The first kappa shape index (κ1) is 18.7. The molecule has 2 aromatic rings. The number of benzene rings is 1. The summed E-state index contributed by atoms with van der Waals surface area (Å²) in [7, 11) is 6.03. The van der Waals surface area contributed by atoms with E-state index in [1.54, 1.807) is 30.3 Å². The van der Waals surface area contributed by atoms with Gasteiger partial charge in [-0.2, -0.15) is 4.98 Å². The van der Waals surface area contributed by atoms with Crippen LogP contribution in [-0.2, 0) is 4.74 Å². The molecular formula is C18H25N4O3+. The minimum absolute atomic E-state index is 0.437. The Morgan fingerprint density at radius 3 is 2.48 bits per heavy atom. The first-order valence-electron chi connectivity index (χ1n) is 7.95. The molecular weight excluding hydrogens is 320 g/mol. The van der Waals surface area contributed by atoms with Crippen LogP contribution in [0.2, 0.25) is 0 Å². The summed E-state index contributed by atoms with van der Waals surface area (Å²) in [6.45, 7) is 5.44. The monoisotopic (exact) mass is 345 g/mol. The average Bonchev–Trinajstić information content (AvgIpc) is 2.45. The van der Waals surface area contributed by atoms with Gasteiger partial charge in [0.1, 0.15) is 17.7 Å². The lowest BCUT2D eigenvalue weighted by Gasteiger charge is -2.21. The number of nitrogens with zero attached hydrogens (tertiary/aromatic N) is 3. The van der Waals surface area contributed by atoms with E-state index in [1.807, 2.05) is 41.9 Å². The van der Waals surface area contributed by atoms with Crippen LogP contribution in [0.3, 0.4) is 0 Å². The number of ether oxygens (including phenoxy) is 2. The molecule has 0 bridgehead atoms. The molecule has 7 nitrogen and oxygen atoms in total. The maximum atomic E-state index is 11.9. The number of rotatable bonds is 4. The van der Waals surface area contributed by atoms with Crippen molar-refractivity contribution in [3.05, 3.63) is 36.7 Å². The van der Waals surface area contributed by atoms with Crippen LogP contribution in [0.1, 0.15) is 20.8 Å². The standard InChI is InChI=1S/C18H24N4O3/c1-18(2,3)25-17(23)21-13-8-7-9-14(10-13)24-16-11-15(19-12-20-16)22(4,5)6/h7-12H,1-6H3/p+1. The second-order valence-corrected chi connectivity index (χ2v) is 7.48. The third kappa shape index (κ3) is 6.04. The van der Waals surface area contributed by atoms with Crippen molar-refractivity contribution in [3.63, 3.8) is 0 Å². The molecule has 134 valence electrons. The van der Waals surface area contributed by atoms with E-state index in [9.17, 15) is 4.79 Å².